The fraction of sp³-hybridized carbons (Fsp3) is 0.450. The van der Waals surface area contributed by atoms with Crippen LogP contribution in [0.15, 0.2) is 43.1 Å². The zero-order chi connectivity index (χ0) is 16.5. The third-order valence-electron chi connectivity index (χ3n) is 5.41. The molecular formula is C20H24N2O2. The third-order valence-corrected chi connectivity index (χ3v) is 5.41. The van der Waals surface area contributed by atoms with Crippen LogP contribution in [0.2, 0.25) is 0 Å². The Kier molecular flexibility index (Phi) is 4.15. The molecule has 4 heteroatoms. The summed E-state index contributed by atoms with van der Waals surface area (Å²) in [6.45, 7) is 6.97. The molecule has 0 unspecified atom stereocenters. The van der Waals surface area contributed by atoms with Crippen molar-refractivity contribution in [1.82, 2.24) is 9.47 Å². The van der Waals surface area contributed by atoms with Crippen molar-refractivity contribution < 1.29 is 9.53 Å². The molecule has 0 radical (unpaired) electrons. The van der Waals surface area contributed by atoms with E-state index in [-0.39, 0.29) is 5.91 Å². The molecule has 2 fully saturated rings. The van der Waals surface area contributed by atoms with Gasteiger partial charge in [0.25, 0.3) is 5.91 Å². The van der Waals surface area contributed by atoms with Crippen LogP contribution >= 0.6 is 0 Å². The van der Waals surface area contributed by atoms with Crippen LogP contribution in [0.1, 0.15) is 29.6 Å². The minimum Gasteiger partial charge on any atom is -0.381 e. The lowest BCUT2D eigenvalue weighted by Crippen LogP contribution is -2.52. The summed E-state index contributed by atoms with van der Waals surface area (Å²) in [5, 5.41) is 1.04. The van der Waals surface area contributed by atoms with Gasteiger partial charge in [0, 0.05) is 48.8 Å². The van der Waals surface area contributed by atoms with E-state index in [0.717, 1.165) is 49.1 Å². The lowest BCUT2D eigenvalue weighted by molar-refractivity contribution is -0.0270. The van der Waals surface area contributed by atoms with Crippen molar-refractivity contribution in [3.63, 3.8) is 0 Å². The Balaban J connectivity index is 1.71. The van der Waals surface area contributed by atoms with Crippen LogP contribution in [-0.2, 0) is 11.3 Å². The highest BCUT2D eigenvalue weighted by molar-refractivity contribution is 6.07. The lowest BCUT2D eigenvalue weighted by atomic mass is 9.86. The van der Waals surface area contributed by atoms with E-state index < -0.39 is 0 Å². The maximum atomic E-state index is 13.3. The van der Waals surface area contributed by atoms with E-state index in [2.05, 4.69) is 22.1 Å². The van der Waals surface area contributed by atoms with Gasteiger partial charge in [0.05, 0.1) is 12.2 Å². The quantitative estimate of drug-likeness (QED) is 0.810. The lowest BCUT2D eigenvalue weighted by Gasteiger charge is -2.43. The Labute approximate surface area is 142 Å². The highest BCUT2D eigenvalue weighted by Gasteiger charge is 2.37. The summed E-state index contributed by atoms with van der Waals surface area (Å²) >= 11 is 0. The maximum Gasteiger partial charge on any atom is 0.256 e. The van der Waals surface area contributed by atoms with Crippen LogP contribution in [0.25, 0.3) is 10.9 Å². The van der Waals surface area contributed by atoms with Gasteiger partial charge in [0.1, 0.15) is 0 Å². The van der Waals surface area contributed by atoms with Gasteiger partial charge in [-0.15, -0.1) is 6.58 Å². The number of aromatic nitrogens is 1. The minimum atomic E-state index is 0.172. The zero-order valence-electron chi connectivity index (χ0n) is 14.0. The van der Waals surface area contributed by atoms with Crippen LogP contribution in [0, 0.1) is 5.92 Å². The largest absolute Gasteiger partial charge is 0.381 e. The Hall–Kier alpha value is -2.07. The molecule has 126 valence electrons. The summed E-state index contributed by atoms with van der Waals surface area (Å²) in [6, 6.07) is 8.48. The van der Waals surface area contributed by atoms with E-state index in [1.54, 1.807) is 0 Å². The maximum absolute atomic E-state index is 13.3. The first-order valence-corrected chi connectivity index (χ1v) is 8.87. The molecule has 2 atom stereocenters. The van der Waals surface area contributed by atoms with Gasteiger partial charge in [0.2, 0.25) is 0 Å². The summed E-state index contributed by atoms with van der Waals surface area (Å²) in [5.74, 6) is 0.670. The Bertz CT molecular complexity index is 762. The topological polar surface area (TPSA) is 34.5 Å². The number of rotatable bonds is 3. The van der Waals surface area contributed by atoms with Crippen LogP contribution in [-0.4, -0.2) is 41.2 Å². The van der Waals surface area contributed by atoms with Crippen molar-refractivity contribution in [2.24, 2.45) is 5.92 Å². The number of carbonyl (C=O) groups excluding carboxylic acids is 1. The molecule has 2 aliphatic rings. The number of hydrogen-bond acceptors (Lipinski definition) is 2. The predicted molar refractivity (Wildman–Crippen MR) is 95.1 cm³/mol. The molecule has 3 heterocycles. The Morgan fingerprint density at radius 2 is 2.21 bits per heavy atom. The monoisotopic (exact) mass is 324 g/mol. The van der Waals surface area contributed by atoms with Crippen molar-refractivity contribution in [3.05, 3.63) is 48.7 Å². The van der Waals surface area contributed by atoms with E-state index in [1.807, 2.05) is 30.5 Å². The number of para-hydroxylation sites is 1. The first-order chi connectivity index (χ1) is 11.8. The molecule has 0 aliphatic carbocycles. The number of carbonyl (C=O) groups is 1. The number of nitrogens with zero attached hydrogens (tertiary/aromatic N) is 2. The summed E-state index contributed by atoms with van der Waals surface area (Å²) in [7, 11) is 0. The minimum absolute atomic E-state index is 0.172. The van der Waals surface area contributed by atoms with Crippen molar-refractivity contribution in [3.8, 4) is 0 Å². The number of hydrogen-bond donors (Lipinski definition) is 0. The fourth-order valence-corrected chi connectivity index (χ4v) is 4.28. The molecule has 1 aromatic carbocycles. The van der Waals surface area contributed by atoms with Crippen molar-refractivity contribution in [2.45, 2.75) is 31.8 Å². The van der Waals surface area contributed by atoms with Gasteiger partial charge in [-0.2, -0.15) is 0 Å². The van der Waals surface area contributed by atoms with E-state index in [9.17, 15) is 4.79 Å². The van der Waals surface area contributed by atoms with Crippen LogP contribution < -0.4 is 0 Å². The number of piperidine rings is 1. The molecule has 2 aliphatic heterocycles. The molecule has 0 spiro atoms. The Morgan fingerprint density at radius 3 is 3.08 bits per heavy atom. The molecule has 0 saturated carbocycles. The number of amides is 1. The number of allylic oxidation sites excluding steroid dienone is 1. The third kappa shape index (κ3) is 2.55. The van der Waals surface area contributed by atoms with E-state index in [0.29, 0.717) is 18.5 Å². The zero-order valence-corrected chi connectivity index (χ0v) is 14.0. The SMILES string of the molecule is C=CCn1cc(C(=O)N2CCC[C@H]3COCC[C@H]32)c2ccccc21. The number of fused-ring (bicyclic) bond motifs is 2. The normalized spacial score (nSPS) is 23.9. The first-order valence-electron chi connectivity index (χ1n) is 8.87. The van der Waals surface area contributed by atoms with Crippen molar-refractivity contribution in [1.29, 1.82) is 0 Å². The first kappa shape index (κ1) is 15.5. The van der Waals surface area contributed by atoms with Crippen LogP contribution in [0.4, 0.5) is 0 Å². The Morgan fingerprint density at radius 1 is 1.33 bits per heavy atom. The van der Waals surface area contributed by atoms with Gasteiger partial charge in [-0.1, -0.05) is 24.3 Å². The van der Waals surface area contributed by atoms with Gasteiger partial charge in [0.15, 0.2) is 0 Å². The smallest absolute Gasteiger partial charge is 0.256 e. The predicted octanol–water partition coefficient (Wildman–Crippen LogP) is 3.47. The van der Waals surface area contributed by atoms with Gasteiger partial charge in [-0.05, 0) is 25.3 Å². The number of ether oxygens (including phenoxy) is 1. The second-order valence-corrected chi connectivity index (χ2v) is 6.83. The second-order valence-electron chi connectivity index (χ2n) is 6.83. The van der Waals surface area contributed by atoms with Gasteiger partial charge in [-0.3, -0.25) is 4.79 Å². The second kappa shape index (κ2) is 6.44. The number of likely N-dealkylation sites (tertiary alicyclic amines) is 1. The molecule has 24 heavy (non-hydrogen) atoms. The standard InChI is InChI=1S/C20H24N2O2/c1-2-10-21-13-17(16-7-3-4-8-19(16)21)20(23)22-11-5-6-15-14-24-12-9-18(15)22/h2-4,7-8,13,15,18H,1,5-6,9-12,14H2/t15-,18+/m0/s1. The molecule has 4 rings (SSSR count). The van der Waals surface area contributed by atoms with Crippen molar-refractivity contribution in [2.75, 3.05) is 19.8 Å². The van der Waals surface area contributed by atoms with Crippen LogP contribution in [0.5, 0.6) is 0 Å². The van der Waals surface area contributed by atoms with Gasteiger partial charge >= 0.3 is 0 Å². The molecule has 2 aromatic rings. The number of benzene rings is 1. The molecule has 2 saturated heterocycles. The van der Waals surface area contributed by atoms with Crippen LogP contribution in [0.3, 0.4) is 0 Å². The molecular weight excluding hydrogens is 300 g/mol. The van der Waals surface area contributed by atoms with Crippen molar-refractivity contribution >= 4 is 16.8 Å². The summed E-state index contributed by atoms with van der Waals surface area (Å²) in [5.41, 5.74) is 1.92. The summed E-state index contributed by atoms with van der Waals surface area (Å²) in [4.78, 5) is 15.4. The van der Waals surface area contributed by atoms with E-state index in [1.165, 1.54) is 6.42 Å². The van der Waals surface area contributed by atoms with E-state index in [4.69, 9.17) is 4.74 Å². The summed E-state index contributed by atoms with van der Waals surface area (Å²) in [6.07, 6.45) is 7.07. The molecule has 0 N–H and O–H groups in total. The molecule has 1 amide bonds. The van der Waals surface area contributed by atoms with Gasteiger partial charge < -0.3 is 14.2 Å². The average Bonchev–Trinajstić information content (AvgIpc) is 3.00. The van der Waals surface area contributed by atoms with Gasteiger partial charge in [-0.25, -0.2) is 0 Å². The highest BCUT2D eigenvalue weighted by atomic mass is 16.5. The van der Waals surface area contributed by atoms with E-state index >= 15 is 0 Å². The average molecular weight is 324 g/mol. The highest BCUT2D eigenvalue weighted by Crippen LogP contribution is 2.32. The summed E-state index contributed by atoms with van der Waals surface area (Å²) < 4.78 is 7.74. The molecule has 0 bridgehead atoms. The fourth-order valence-electron chi connectivity index (χ4n) is 4.28. The molecule has 1 aromatic heterocycles. The molecule has 4 nitrogen and oxygen atoms in total.